The standard InChI is InChI=1S/C12H24N2O/c1-11(8-13-2)9-14(3)6-7-15-10-12-4-5-12/h12-13H,1,4-10H2,2-3H3. The van der Waals surface area contributed by atoms with Gasteiger partial charge in [-0.15, -0.1) is 0 Å². The molecule has 1 rings (SSSR count). The molecule has 0 heterocycles. The summed E-state index contributed by atoms with van der Waals surface area (Å²) in [6.45, 7) is 8.66. The zero-order valence-corrected chi connectivity index (χ0v) is 10.1. The highest BCUT2D eigenvalue weighted by molar-refractivity contribution is 4.98. The average molecular weight is 212 g/mol. The van der Waals surface area contributed by atoms with E-state index >= 15 is 0 Å². The van der Waals surface area contributed by atoms with E-state index in [0.717, 1.165) is 38.8 Å². The van der Waals surface area contributed by atoms with Crippen molar-refractivity contribution in [2.45, 2.75) is 12.8 Å². The second-order valence-corrected chi connectivity index (χ2v) is 4.54. The molecule has 15 heavy (non-hydrogen) atoms. The van der Waals surface area contributed by atoms with E-state index in [2.05, 4.69) is 23.8 Å². The Labute approximate surface area is 93.5 Å². The fraction of sp³-hybridized carbons (Fsp3) is 0.833. The second-order valence-electron chi connectivity index (χ2n) is 4.54. The largest absolute Gasteiger partial charge is 0.380 e. The molecule has 0 aromatic carbocycles. The maximum Gasteiger partial charge on any atom is 0.0593 e. The van der Waals surface area contributed by atoms with Crippen LogP contribution in [-0.4, -0.2) is 51.8 Å². The van der Waals surface area contributed by atoms with E-state index in [1.165, 1.54) is 18.4 Å². The van der Waals surface area contributed by atoms with E-state index in [0.29, 0.717) is 0 Å². The fourth-order valence-electron chi connectivity index (χ4n) is 1.52. The normalized spacial score (nSPS) is 15.9. The summed E-state index contributed by atoms with van der Waals surface area (Å²) in [4.78, 5) is 2.26. The number of hydrogen-bond acceptors (Lipinski definition) is 3. The lowest BCUT2D eigenvalue weighted by Gasteiger charge is -2.17. The van der Waals surface area contributed by atoms with E-state index < -0.39 is 0 Å². The van der Waals surface area contributed by atoms with Crippen LogP contribution < -0.4 is 5.32 Å². The molecule has 0 aromatic heterocycles. The first-order valence-electron chi connectivity index (χ1n) is 5.80. The lowest BCUT2D eigenvalue weighted by Crippen LogP contribution is -2.28. The summed E-state index contributed by atoms with van der Waals surface area (Å²) < 4.78 is 5.58. The molecular formula is C12H24N2O. The lowest BCUT2D eigenvalue weighted by atomic mass is 10.3. The Morgan fingerprint density at radius 1 is 1.53 bits per heavy atom. The molecule has 0 radical (unpaired) electrons. The van der Waals surface area contributed by atoms with Crippen LogP contribution in [0.15, 0.2) is 12.2 Å². The average Bonchev–Trinajstić information content (AvgIpc) is 2.96. The topological polar surface area (TPSA) is 24.5 Å². The number of nitrogens with zero attached hydrogens (tertiary/aromatic N) is 1. The SMILES string of the molecule is C=C(CNC)CN(C)CCOCC1CC1. The van der Waals surface area contributed by atoms with Gasteiger partial charge in [-0.3, -0.25) is 0 Å². The van der Waals surface area contributed by atoms with E-state index in [1.807, 2.05) is 7.05 Å². The first-order valence-corrected chi connectivity index (χ1v) is 5.80. The smallest absolute Gasteiger partial charge is 0.0593 e. The van der Waals surface area contributed by atoms with Crippen molar-refractivity contribution in [2.24, 2.45) is 5.92 Å². The van der Waals surface area contributed by atoms with Gasteiger partial charge in [-0.05, 0) is 38.4 Å². The van der Waals surface area contributed by atoms with Gasteiger partial charge < -0.3 is 15.0 Å². The summed E-state index contributed by atoms with van der Waals surface area (Å²) in [5.41, 5.74) is 1.22. The number of hydrogen-bond donors (Lipinski definition) is 1. The van der Waals surface area contributed by atoms with Crippen LogP contribution in [-0.2, 0) is 4.74 Å². The summed E-state index contributed by atoms with van der Waals surface area (Å²) in [5.74, 6) is 0.870. The fourth-order valence-corrected chi connectivity index (χ4v) is 1.52. The molecule has 1 saturated carbocycles. The first kappa shape index (κ1) is 12.7. The molecule has 1 aliphatic rings. The van der Waals surface area contributed by atoms with Gasteiger partial charge in [0.25, 0.3) is 0 Å². The highest BCUT2D eigenvalue weighted by Crippen LogP contribution is 2.28. The van der Waals surface area contributed by atoms with E-state index in [9.17, 15) is 0 Å². The predicted octanol–water partition coefficient (Wildman–Crippen LogP) is 1.12. The summed E-state index contributed by atoms with van der Waals surface area (Å²) in [7, 11) is 4.06. The predicted molar refractivity (Wildman–Crippen MR) is 64.1 cm³/mol. The summed E-state index contributed by atoms with van der Waals surface area (Å²) in [6.07, 6.45) is 2.74. The van der Waals surface area contributed by atoms with Crippen molar-refractivity contribution in [1.82, 2.24) is 10.2 Å². The Morgan fingerprint density at radius 3 is 2.87 bits per heavy atom. The monoisotopic (exact) mass is 212 g/mol. The number of nitrogens with one attached hydrogen (secondary N) is 1. The van der Waals surface area contributed by atoms with Gasteiger partial charge in [0.1, 0.15) is 0 Å². The third kappa shape index (κ3) is 6.66. The molecule has 1 N–H and O–H groups in total. The molecule has 0 unspecified atom stereocenters. The van der Waals surface area contributed by atoms with Gasteiger partial charge in [-0.2, -0.15) is 0 Å². The molecule has 88 valence electrons. The molecular weight excluding hydrogens is 188 g/mol. The van der Waals surface area contributed by atoms with Crippen molar-refractivity contribution in [3.8, 4) is 0 Å². The Hall–Kier alpha value is -0.380. The van der Waals surface area contributed by atoms with Gasteiger partial charge in [0, 0.05) is 26.2 Å². The van der Waals surface area contributed by atoms with Crippen molar-refractivity contribution >= 4 is 0 Å². The Bertz CT molecular complexity index is 190. The minimum Gasteiger partial charge on any atom is -0.380 e. The zero-order valence-electron chi connectivity index (χ0n) is 10.1. The van der Waals surface area contributed by atoms with Crippen LogP contribution in [0.2, 0.25) is 0 Å². The van der Waals surface area contributed by atoms with Gasteiger partial charge >= 0.3 is 0 Å². The quantitative estimate of drug-likeness (QED) is 0.458. The molecule has 0 aromatic rings. The van der Waals surface area contributed by atoms with E-state index in [-0.39, 0.29) is 0 Å². The molecule has 3 heteroatoms. The van der Waals surface area contributed by atoms with Crippen LogP contribution in [0.25, 0.3) is 0 Å². The molecule has 1 fully saturated rings. The van der Waals surface area contributed by atoms with Gasteiger partial charge in [0.15, 0.2) is 0 Å². The molecule has 0 amide bonds. The summed E-state index contributed by atoms with van der Waals surface area (Å²) in [5, 5.41) is 3.11. The Morgan fingerprint density at radius 2 is 2.27 bits per heavy atom. The van der Waals surface area contributed by atoms with Gasteiger partial charge in [-0.25, -0.2) is 0 Å². The van der Waals surface area contributed by atoms with Gasteiger partial charge in [0.2, 0.25) is 0 Å². The van der Waals surface area contributed by atoms with E-state index in [1.54, 1.807) is 0 Å². The Kier molecular flexibility index (Phi) is 5.91. The third-order valence-electron chi connectivity index (χ3n) is 2.59. The molecule has 3 nitrogen and oxygen atoms in total. The van der Waals surface area contributed by atoms with Crippen molar-refractivity contribution in [2.75, 3.05) is 46.9 Å². The van der Waals surface area contributed by atoms with Crippen molar-refractivity contribution < 1.29 is 4.74 Å². The molecule has 0 saturated heterocycles. The highest BCUT2D eigenvalue weighted by atomic mass is 16.5. The molecule has 0 bridgehead atoms. The maximum atomic E-state index is 5.58. The van der Waals surface area contributed by atoms with Crippen LogP contribution in [0.5, 0.6) is 0 Å². The van der Waals surface area contributed by atoms with Gasteiger partial charge in [-0.1, -0.05) is 6.58 Å². The molecule has 0 aliphatic heterocycles. The number of likely N-dealkylation sites (N-methyl/N-ethyl adjacent to an activating group) is 2. The van der Waals surface area contributed by atoms with Crippen molar-refractivity contribution in [1.29, 1.82) is 0 Å². The van der Waals surface area contributed by atoms with Gasteiger partial charge in [0.05, 0.1) is 6.61 Å². The van der Waals surface area contributed by atoms with Crippen LogP contribution in [0.1, 0.15) is 12.8 Å². The van der Waals surface area contributed by atoms with Crippen LogP contribution >= 0.6 is 0 Å². The van der Waals surface area contributed by atoms with Crippen molar-refractivity contribution in [3.63, 3.8) is 0 Å². The second kappa shape index (κ2) is 6.99. The molecule has 0 atom stereocenters. The third-order valence-corrected chi connectivity index (χ3v) is 2.59. The summed E-state index contributed by atoms with van der Waals surface area (Å²) >= 11 is 0. The number of rotatable bonds is 9. The minimum atomic E-state index is 0.847. The molecule has 0 spiro atoms. The number of ether oxygens (including phenoxy) is 1. The first-order chi connectivity index (χ1) is 7.22. The Balaban J connectivity index is 1.91. The van der Waals surface area contributed by atoms with Crippen molar-refractivity contribution in [3.05, 3.63) is 12.2 Å². The molecule has 1 aliphatic carbocycles. The maximum absolute atomic E-state index is 5.58. The van der Waals surface area contributed by atoms with E-state index in [4.69, 9.17) is 4.74 Å². The zero-order chi connectivity index (χ0) is 11.1. The highest BCUT2D eigenvalue weighted by Gasteiger charge is 2.20. The lowest BCUT2D eigenvalue weighted by molar-refractivity contribution is 0.105. The minimum absolute atomic E-state index is 0.847. The van der Waals surface area contributed by atoms with Crippen LogP contribution in [0.4, 0.5) is 0 Å². The van der Waals surface area contributed by atoms with Crippen LogP contribution in [0, 0.1) is 5.92 Å². The van der Waals surface area contributed by atoms with Crippen LogP contribution in [0.3, 0.4) is 0 Å². The summed E-state index contributed by atoms with van der Waals surface area (Å²) in [6, 6.07) is 0.